The number of fused-ring (bicyclic) bond motifs is 1. The summed E-state index contributed by atoms with van der Waals surface area (Å²) in [5, 5.41) is 20.3. The Hall–Kier alpha value is -2.78. The van der Waals surface area contributed by atoms with Gasteiger partial charge in [0.05, 0.1) is 18.2 Å². The Balaban J connectivity index is 1.93. The fourth-order valence-electron chi connectivity index (χ4n) is 3.35. The number of amides is 2. The van der Waals surface area contributed by atoms with Gasteiger partial charge >= 0.3 is 0 Å². The Labute approximate surface area is 192 Å². The van der Waals surface area contributed by atoms with Crippen molar-refractivity contribution in [1.82, 2.24) is 20.1 Å². The number of carbonyl (C=O) groups is 2. The van der Waals surface area contributed by atoms with E-state index in [2.05, 4.69) is 20.7 Å². The van der Waals surface area contributed by atoms with Crippen LogP contribution >= 0.6 is 11.3 Å². The molecule has 0 unspecified atom stereocenters. The van der Waals surface area contributed by atoms with Gasteiger partial charge in [-0.3, -0.25) is 14.9 Å². The standard InChI is InChI=1S/C23H31N5O3S/c1-13(2)11-16(12-29)24-21(31)17-18-19(28(27-17)23(4,5)6)25-22(32-18)26-20(30)15-9-7-14(3)8-10-15/h7-10,13,16,29H,11-12H2,1-6H3,(H,24,31)(H,25,26,30)/t16-/m1/s1. The Morgan fingerprint density at radius 1 is 1.16 bits per heavy atom. The molecule has 2 amide bonds. The molecule has 1 aromatic carbocycles. The normalized spacial score (nSPS) is 12.9. The number of nitrogens with zero attached hydrogens (tertiary/aromatic N) is 3. The van der Waals surface area contributed by atoms with Crippen molar-refractivity contribution in [2.45, 2.75) is 59.5 Å². The van der Waals surface area contributed by atoms with E-state index in [1.54, 1.807) is 16.8 Å². The molecule has 0 radical (unpaired) electrons. The summed E-state index contributed by atoms with van der Waals surface area (Å²) < 4.78 is 2.30. The van der Waals surface area contributed by atoms with Crippen molar-refractivity contribution < 1.29 is 14.7 Å². The van der Waals surface area contributed by atoms with E-state index in [0.29, 0.717) is 33.4 Å². The first-order chi connectivity index (χ1) is 15.0. The first-order valence-electron chi connectivity index (χ1n) is 10.7. The van der Waals surface area contributed by atoms with Crippen LogP contribution in [0.3, 0.4) is 0 Å². The minimum atomic E-state index is -0.419. The fourth-order valence-corrected chi connectivity index (χ4v) is 4.27. The zero-order chi connectivity index (χ0) is 23.6. The fraction of sp³-hybridized carbons (Fsp3) is 0.478. The van der Waals surface area contributed by atoms with Crippen LogP contribution in [0.15, 0.2) is 24.3 Å². The number of carbonyl (C=O) groups excluding carboxylic acids is 2. The quantitative estimate of drug-likeness (QED) is 0.498. The molecule has 0 spiro atoms. The number of aromatic nitrogens is 3. The van der Waals surface area contributed by atoms with Crippen LogP contribution in [0, 0.1) is 12.8 Å². The van der Waals surface area contributed by atoms with Crippen LogP contribution in [0.4, 0.5) is 5.13 Å². The second kappa shape index (κ2) is 9.38. The van der Waals surface area contributed by atoms with Crippen LogP contribution in [-0.4, -0.2) is 44.3 Å². The molecule has 2 aromatic heterocycles. The zero-order valence-corrected chi connectivity index (χ0v) is 20.2. The van der Waals surface area contributed by atoms with Gasteiger partial charge in [-0.05, 0) is 52.2 Å². The maximum atomic E-state index is 13.0. The van der Waals surface area contributed by atoms with Gasteiger partial charge in [0, 0.05) is 5.56 Å². The van der Waals surface area contributed by atoms with Crippen LogP contribution in [0.5, 0.6) is 0 Å². The summed E-state index contributed by atoms with van der Waals surface area (Å²) in [5.74, 6) is -0.302. The number of hydrogen-bond acceptors (Lipinski definition) is 6. The van der Waals surface area contributed by atoms with Crippen molar-refractivity contribution in [2.75, 3.05) is 11.9 Å². The highest BCUT2D eigenvalue weighted by Crippen LogP contribution is 2.32. The van der Waals surface area contributed by atoms with E-state index in [1.807, 2.05) is 53.7 Å². The Morgan fingerprint density at radius 3 is 2.38 bits per heavy atom. The minimum Gasteiger partial charge on any atom is -0.394 e. The molecule has 0 saturated heterocycles. The Kier molecular flexibility index (Phi) is 7.00. The molecule has 9 heteroatoms. The molecule has 32 heavy (non-hydrogen) atoms. The van der Waals surface area contributed by atoms with Crippen molar-refractivity contribution in [2.24, 2.45) is 5.92 Å². The molecule has 0 bridgehead atoms. The number of aryl methyl sites for hydroxylation is 1. The van der Waals surface area contributed by atoms with Crippen LogP contribution in [0.2, 0.25) is 0 Å². The highest BCUT2D eigenvalue weighted by molar-refractivity contribution is 7.22. The van der Waals surface area contributed by atoms with E-state index in [9.17, 15) is 14.7 Å². The Bertz CT molecular complexity index is 1110. The topological polar surface area (TPSA) is 109 Å². The van der Waals surface area contributed by atoms with E-state index in [4.69, 9.17) is 0 Å². The Morgan fingerprint density at radius 2 is 1.81 bits per heavy atom. The van der Waals surface area contributed by atoms with Crippen LogP contribution < -0.4 is 10.6 Å². The molecule has 3 rings (SSSR count). The number of benzene rings is 1. The lowest BCUT2D eigenvalue weighted by Gasteiger charge is -2.19. The largest absolute Gasteiger partial charge is 0.394 e. The summed E-state index contributed by atoms with van der Waals surface area (Å²) in [4.78, 5) is 30.2. The molecule has 3 N–H and O–H groups in total. The molecule has 0 fully saturated rings. The summed E-state index contributed by atoms with van der Waals surface area (Å²) in [5.41, 5.74) is 1.96. The van der Waals surface area contributed by atoms with Crippen LogP contribution in [0.25, 0.3) is 10.3 Å². The molecular formula is C23H31N5O3S. The molecular weight excluding hydrogens is 426 g/mol. The first-order valence-corrected chi connectivity index (χ1v) is 11.5. The van der Waals surface area contributed by atoms with Gasteiger partial charge in [0.2, 0.25) is 0 Å². The number of hydrogen-bond donors (Lipinski definition) is 3. The second-order valence-corrected chi connectivity index (χ2v) is 10.4. The molecule has 0 aliphatic rings. The summed E-state index contributed by atoms with van der Waals surface area (Å²) >= 11 is 1.21. The lowest BCUT2D eigenvalue weighted by Crippen LogP contribution is -2.38. The van der Waals surface area contributed by atoms with E-state index < -0.39 is 5.54 Å². The number of thiazole rings is 1. The SMILES string of the molecule is Cc1ccc(C(=O)Nc2nc3c(s2)c(C(=O)N[C@@H](CO)CC(C)C)nn3C(C)(C)C)cc1. The van der Waals surface area contributed by atoms with Crippen molar-refractivity contribution in [3.8, 4) is 0 Å². The maximum Gasteiger partial charge on any atom is 0.273 e. The van der Waals surface area contributed by atoms with Crippen LogP contribution in [-0.2, 0) is 5.54 Å². The third-order valence-electron chi connectivity index (χ3n) is 4.92. The van der Waals surface area contributed by atoms with Gasteiger partial charge in [0.1, 0.15) is 4.70 Å². The lowest BCUT2D eigenvalue weighted by molar-refractivity contribution is 0.0903. The van der Waals surface area contributed by atoms with Crippen molar-refractivity contribution >= 4 is 38.6 Å². The monoisotopic (exact) mass is 457 g/mol. The molecule has 172 valence electrons. The van der Waals surface area contributed by atoms with Crippen molar-refractivity contribution in [3.05, 3.63) is 41.1 Å². The van der Waals surface area contributed by atoms with Crippen molar-refractivity contribution in [1.29, 1.82) is 0 Å². The molecule has 3 aromatic rings. The molecule has 2 heterocycles. The van der Waals surface area contributed by atoms with Gasteiger partial charge in [0.25, 0.3) is 11.8 Å². The molecule has 0 aliphatic heterocycles. The summed E-state index contributed by atoms with van der Waals surface area (Å²) in [7, 11) is 0. The average Bonchev–Trinajstić information content (AvgIpc) is 3.25. The number of aliphatic hydroxyl groups is 1. The second-order valence-electron chi connectivity index (χ2n) is 9.41. The van der Waals surface area contributed by atoms with E-state index in [-0.39, 0.29) is 30.2 Å². The van der Waals surface area contributed by atoms with Gasteiger partial charge in [-0.15, -0.1) is 0 Å². The predicted octanol–water partition coefficient (Wildman–Crippen LogP) is 3.95. The maximum absolute atomic E-state index is 13.0. The summed E-state index contributed by atoms with van der Waals surface area (Å²) in [6.07, 6.45) is 0.659. The molecule has 1 atom stereocenters. The van der Waals surface area contributed by atoms with E-state index in [1.165, 1.54) is 11.3 Å². The molecule has 0 aliphatic carbocycles. The van der Waals surface area contributed by atoms with Crippen molar-refractivity contribution in [3.63, 3.8) is 0 Å². The minimum absolute atomic E-state index is 0.145. The smallest absolute Gasteiger partial charge is 0.273 e. The number of aliphatic hydroxyl groups excluding tert-OH is 1. The van der Waals surface area contributed by atoms with Gasteiger partial charge in [-0.25, -0.2) is 4.68 Å². The van der Waals surface area contributed by atoms with E-state index >= 15 is 0 Å². The van der Waals surface area contributed by atoms with Crippen LogP contribution in [0.1, 0.15) is 67.4 Å². The summed E-state index contributed by atoms with van der Waals surface area (Å²) in [6.45, 7) is 11.8. The number of anilines is 1. The zero-order valence-electron chi connectivity index (χ0n) is 19.4. The van der Waals surface area contributed by atoms with Gasteiger partial charge < -0.3 is 10.4 Å². The molecule has 0 saturated carbocycles. The predicted molar refractivity (Wildman–Crippen MR) is 127 cm³/mol. The first kappa shape index (κ1) is 23.9. The van der Waals surface area contributed by atoms with Gasteiger partial charge in [-0.1, -0.05) is 42.9 Å². The number of nitrogens with one attached hydrogen (secondary N) is 2. The number of rotatable bonds is 7. The third-order valence-corrected chi connectivity index (χ3v) is 5.89. The highest BCUT2D eigenvalue weighted by Gasteiger charge is 2.28. The summed E-state index contributed by atoms with van der Waals surface area (Å²) in [6, 6.07) is 6.92. The average molecular weight is 458 g/mol. The highest BCUT2D eigenvalue weighted by atomic mass is 32.1. The van der Waals surface area contributed by atoms with Gasteiger partial charge in [0.15, 0.2) is 16.5 Å². The van der Waals surface area contributed by atoms with E-state index in [0.717, 1.165) is 5.56 Å². The third kappa shape index (κ3) is 5.34. The van der Waals surface area contributed by atoms with Gasteiger partial charge in [-0.2, -0.15) is 10.1 Å². The lowest BCUT2D eigenvalue weighted by atomic mass is 10.0. The molecule has 8 nitrogen and oxygen atoms in total.